The highest BCUT2D eigenvalue weighted by molar-refractivity contribution is 7.99. The summed E-state index contributed by atoms with van der Waals surface area (Å²) in [6.07, 6.45) is 1.66. The normalized spacial score (nSPS) is 10.5. The van der Waals surface area contributed by atoms with Crippen LogP contribution >= 0.6 is 23.4 Å². The van der Waals surface area contributed by atoms with Crippen LogP contribution in [0.4, 0.5) is 0 Å². The topological polar surface area (TPSA) is 74.8 Å². The number of rotatable bonds is 7. The number of benzene rings is 1. The van der Waals surface area contributed by atoms with Gasteiger partial charge in [-0.1, -0.05) is 54.9 Å². The monoisotopic (exact) mass is 351 g/mol. The van der Waals surface area contributed by atoms with Gasteiger partial charge in [0.05, 0.1) is 5.75 Å². The Hall–Kier alpha value is -1.79. The summed E-state index contributed by atoms with van der Waals surface area (Å²) in [5, 5.41) is 3.89. The van der Waals surface area contributed by atoms with E-state index < -0.39 is 0 Å². The Morgan fingerprint density at radius 3 is 2.91 bits per heavy atom. The van der Waals surface area contributed by atoms with Gasteiger partial charge in [0, 0.05) is 23.3 Å². The maximum absolute atomic E-state index is 11.9. The molecular formula is C16H18ClN3O2S. The highest BCUT2D eigenvalue weighted by Crippen LogP contribution is 2.15. The van der Waals surface area contributed by atoms with Crippen LogP contribution < -0.4 is 10.9 Å². The number of carbonyl (C=O) groups excluding carboxylic acids is 1. The number of aromatic amines is 1. The molecule has 0 aliphatic heterocycles. The first kappa shape index (κ1) is 17.6. The molecule has 0 spiro atoms. The van der Waals surface area contributed by atoms with Gasteiger partial charge in [0.1, 0.15) is 0 Å². The Balaban J connectivity index is 1.87. The predicted octanol–water partition coefficient (Wildman–Crippen LogP) is 2.78. The van der Waals surface area contributed by atoms with Gasteiger partial charge in [0.2, 0.25) is 5.91 Å². The van der Waals surface area contributed by atoms with Crippen molar-refractivity contribution in [3.8, 4) is 0 Å². The number of nitrogens with one attached hydrogen (secondary N) is 2. The molecule has 2 N–H and O–H groups in total. The van der Waals surface area contributed by atoms with Crippen molar-refractivity contribution in [3.63, 3.8) is 0 Å². The summed E-state index contributed by atoms with van der Waals surface area (Å²) in [4.78, 5) is 30.4. The van der Waals surface area contributed by atoms with Crippen molar-refractivity contribution in [1.29, 1.82) is 0 Å². The van der Waals surface area contributed by atoms with Crippen molar-refractivity contribution in [2.24, 2.45) is 0 Å². The Bertz CT molecular complexity index is 733. The number of carbonyl (C=O) groups is 1. The van der Waals surface area contributed by atoms with Crippen LogP contribution in [-0.2, 0) is 17.8 Å². The summed E-state index contributed by atoms with van der Waals surface area (Å²) in [6.45, 7) is 2.40. The van der Waals surface area contributed by atoms with Crippen LogP contribution in [0.25, 0.3) is 0 Å². The fourth-order valence-corrected chi connectivity index (χ4v) is 2.88. The van der Waals surface area contributed by atoms with Crippen molar-refractivity contribution >= 4 is 29.3 Å². The van der Waals surface area contributed by atoms with Gasteiger partial charge in [-0.3, -0.25) is 9.59 Å². The van der Waals surface area contributed by atoms with Gasteiger partial charge >= 0.3 is 0 Å². The lowest BCUT2D eigenvalue weighted by Crippen LogP contribution is -2.25. The molecule has 1 amide bonds. The minimum absolute atomic E-state index is 0.140. The van der Waals surface area contributed by atoms with E-state index in [-0.39, 0.29) is 17.2 Å². The van der Waals surface area contributed by atoms with Crippen LogP contribution in [0.5, 0.6) is 0 Å². The fraction of sp³-hybridized carbons (Fsp3) is 0.312. The fourth-order valence-electron chi connectivity index (χ4n) is 1.96. The molecule has 0 radical (unpaired) electrons. The molecule has 1 heterocycles. The molecule has 0 aliphatic rings. The minimum Gasteiger partial charge on any atom is -0.351 e. The standard InChI is InChI=1S/C16H18ClN3O2S/c1-2-5-12-8-14(21)20-16(19-12)23-10-15(22)18-9-11-6-3-4-7-13(11)17/h3-4,6-8H,2,5,9-10H2,1H3,(H,18,22)(H,19,20,21). The first-order valence-corrected chi connectivity index (χ1v) is 8.68. The van der Waals surface area contributed by atoms with E-state index in [1.807, 2.05) is 25.1 Å². The van der Waals surface area contributed by atoms with Crippen molar-refractivity contribution in [1.82, 2.24) is 15.3 Å². The second kappa shape index (κ2) is 8.74. The molecule has 0 saturated carbocycles. The SMILES string of the molecule is CCCc1cc(=O)[nH]c(SCC(=O)NCc2ccccc2Cl)n1. The average Bonchev–Trinajstić information content (AvgIpc) is 2.52. The van der Waals surface area contributed by atoms with Crippen LogP contribution in [0.3, 0.4) is 0 Å². The maximum atomic E-state index is 11.9. The van der Waals surface area contributed by atoms with Crippen LogP contribution in [0, 0.1) is 0 Å². The Morgan fingerprint density at radius 1 is 1.39 bits per heavy atom. The van der Waals surface area contributed by atoms with Crippen molar-refractivity contribution < 1.29 is 4.79 Å². The molecule has 0 aliphatic carbocycles. The second-order valence-corrected chi connectivity index (χ2v) is 6.32. The van der Waals surface area contributed by atoms with Gasteiger partial charge in [0.25, 0.3) is 5.56 Å². The summed E-state index contributed by atoms with van der Waals surface area (Å²) in [5.41, 5.74) is 1.42. The first-order valence-electron chi connectivity index (χ1n) is 7.31. The number of H-pyrrole nitrogens is 1. The maximum Gasteiger partial charge on any atom is 0.251 e. The lowest BCUT2D eigenvalue weighted by Gasteiger charge is -2.07. The molecule has 2 rings (SSSR count). The number of nitrogens with zero attached hydrogens (tertiary/aromatic N) is 1. The van der Waals surface area contributed by atoms with Gasteiger partial charge in [-0.05, 0) is 18.1 Å². The van der Waals surface area contributed by atoms with Gasteiger partial charge in [-0.2, -0.15) is 0 Å². The third-order valence-corrected chi connectivity index (χ3v) is 4.29. The number of halogens is 1. The van der Waals surface area contributed by atoms with Crippen LogP contribution in [-0.4, -0.2) is 21.6 Å². The zero-order valence-corrected chi connectivity index (χ0v) is 14.3. The molecule has 1 aromatic carbocycles. The van der Waals surface area contributed by atoms with E-state index in [2.05, 4.69) is 15.3 Å². The van der Waals surface area contributed by atoms with Crippen molar-refractivity contribution in [2.45, 2.75) is 31.5 Å². The first-order chi connectivity index (χ1) is 11.1. The molecule has 0 atom stereocenters. The molecule has 122 valence electrons. The molecule has 7 heteroatoms. The highest BCUT2D eigenvalue weighted by atomic mass is 35.5. The quantitative estimate of drug-likeness (QED) is 0.594. The van der Waals surface area contributed by atoms with Gasteiger partial charge < -0.3 is 10.3 Å². The molecule has 0 bridgehead atoms. The van der Waals surface area contributed by atoms with Crippen LogP contribution in [0.1, 0.15) is 24.6 Å². The van der Waals surface area contributed by atoms with Gasteiger partial charge in [-0.25, -0.2) is 4.98 Å². The molecule has 2 aromatic rings. The number of thioether (sulfide) groups is 1. The molecular weight excluding hydrogens is 334 g/mol. The summed E-state index contributed by atoms with van der Waals surface area (Å²) in [6, 6.07) is 8.85. The Kier molecular flexibility index (Phi) is 6.67. The second-order valence-electron chi connectivity index (χ2n) is 4.95. The smallest absolute Gasteiger partial charge is 0.251 e. The van der Waals surface area contributed by atoms with E-state index in [4.69, 9.17) is 11.6 Å². The Labute approximate surface area is 143 Å². The molecule has 1 aromatic heterocycles. The summed E-state index contributed by atoms with van der Waals surface area (Å²) in [7, 11) is 0. The summed E-state index contributed by atoms with van der Waals surface area (Å²) < 4.78 is 0. The molecule has 0 unspecified atom stereocenters. The molecule has 0 fully saturated rings. The van der Waals surface area contributed by atoms with Crippen molar-refractivity contribution in [2.75, 3.05) is 5.75 Å². The van der Waals surface area contributed by atoms with E-state index in [0.29, 0.717) is 16.7 Å². The predicted molar refractivity (Wildman–Crippen MR) is 92.9 cm³/mol. The lowest BCUT2D eigenvalue weighted by molar-refractivity contribution is -0.118. The highest BCUT2D eigenvalue weighted by Gasteiger charge is 2.07. The van der Waals surface area contributed by atoms with Crippen molar-refractivity contribution in [3.05, 3.63) is 57.0 Å². The zero-order chi connectivity index (χ0) is 16.7. The Morgan fingerprint density at radius 2 is 2.17 bits per heavy atom. The largest absolute Gasteiger partial charge is 0.351 e. The number of hydrogen-bond donors (Lipinski definition) is 2. The lowest BCUT2D eigenvalue weighted by atomic mass is 10.2. The van der Waals surface area contributed by atoms with E-state index in [1.54, 1.807) is 6.07 Å². The zero-order valence-electron chi connectivity index (χ0n) is 12.8. The van der Waals surface area contributed by atoms with Crippen LogP contribution in [0.15, 0.2) is 40.3 Å². The van der Waals surface area contributed by atoms with Gasteiger partial charge in [-0.15, -0.1) is 0 Å². The summed E-state index contributed by atoms with van der Waals surface area (Å²) >= 11 is 7.25. The number of aromatic nitrogens is 2. The molecule has 0 saturated heterocycles. The van der Waals surface area contributed by atoms with Crippen LogP contribution in [0.2, 0.25) is 5.02 Å². The number of aryl methyl sites for hydroxylation is 1. The minimum atomic E-state index is -0.192. The third kappa shape index (κ3) is 5.73. The third-order valence-electron chi connectivity index (χ3n) is 3.05. The van der Waals surface area contributed by atoms with E-state index in [0.717, 1.165) is 24.1 Å². The van der Waals surface area contributed by atoms with E-state index in [9.17, 15) is 9.59 Å². The molecule has 23 heavy (non-hydrogen) atoms. The summed E-state index contributed by atoms with van der Waals surface area (Å²) in [5.74, 6) is 0.0432. The average molecular weight is 352 g/mol. The van der Waals surface area contributed by atoms with E-state index in [1.165, 1.54) is 17.8 Å². The van der Waals surface area contributed by atoms with E-state index >= 15 is 0 Å². The number of hydrogen-bond acceptors (Lipinski definition) is 4. The number of amides is 1. The van der Waals surface area contributed by atoms with Gasteiger partial charge in [0.15, 0.2) is 5.16 Å². The molecule has 5 nitrogen and oxygen atoms in total.